The molecule has 0 saturated heterocycles. The second-order valence-corrected chi connectivity index (χ2v) is 7.69. The number of aryl methyl sites for hydroxylation is 1. The second kappa shape index (κ2) is 10.5. The van der Waals surface area contributed by atoms with Crippen LogP contribution in [0.15, 0.2) is 83.8 Å². The molecule has 1 amide bonds. The lowest BCUT2D eigenvalue weighted by molar-refractivity contribution is -0.122. The van der Waals surface area contributed by atoms with Gasteiger partial charge in [0.2, 0.25) is 0 Å². The summed E-state index contributed by atoms with van der Waals surface area (Å²) in [5.74, 6) is 1.14. The maximum Gasteiger partial charge on any atom is 0.257 e. The Morgan fingerprint density at radius 2 is 1.52 bits per heavy atom. The summed E-state index contributed by atoms with van der Waals surface area (Å²) in [6.45, 7) is 2.58. The van der Waals surface area contributed by atoms with Crippen LogP contribution in [-0.4, -0.2) is 30.6 Å². The molecule has 0 radical (unpaired) electrons. The Hall–Kier alpha value is -3.05. The van der Waals surface area contributed by atoms with Crippen molar-refractivity contribution in [2.75, 3.05) is 18.9 Å². The van der Waals surface area contributed by atoms with Crippen molar-refractivity contribution in [2.45, 2.75) is 11.8 Å². The van der Waals surface area contributed by atoms with E-state index in [9.17, 15) is 9.59 Å². The number of thioether (sulfide) groups is 1. The third-order valence-corrected chi connectivity index (χ3v) is 5.25. The van der Waals surface area contributed by atoms with E-state index in [1.165, 1.54) is 10.5 Å². The molecule has 5 heteroatoms. The van der Waals surface area contributed by atoms with Crippen LogP contribution in [-0.2, 0) is 4.79 Å². The van der Waals surface area contributed by atoms with Gasteiger partial charge in [0.05, 0.1) is 0 Å². The van der Waals surface area contributed by atoms with Gasteiger partial charge >= 0.3 is 0 Å². The maximum absolute atomic E-state index is 12.4. The van der Waals surface area contributed by atoms with Gasteiger partial charge in [0, 0.05) is 28.3 Å². The van der Waals surface area contributed by atoms with Crippen molar-refractivity contribution in [3.8, 4) is 5.75 Å². The van der Waals surface area contributed by atoms with Gasteiger partial charge in [-0.05, 0) is 43.3 Å². The number of benzene rings is 3. The lowest BCUT2D eigenvalue weighted by atomic mass is 10.0. The summed E-state index contributed by atoms with van der Waals surface area (Å²) in [7, 11) is 0. The summed E-state index contributed by atoms with van der Waals surface area (Å²) in [4.78, 5) is 25.5. The molecule has 148 valence electrons. The molecule has 0 aromatic heterocycles. The molecule has 3 aromatic rings. The molecule has 4 nitrogen and oxygen atoms in total. The predicted molar refractivity (Wildman–Crippen MR) is 117 cm³/mol. The molecule has 0 fully saturated rings. The molecule has 0 aliphatic carbocycles. The molecule has 0 bridgehead atoms. The lowest BCUT2D eigenvalue weighted by Gasteiger charge is -2.08. The van der Waals surface area contributed by atoms with Gasteiger partial charge in [-0.25, -0.2) is 0 Å². The summed E-state index contributed by atoms with van der Waals surface area (Å²) < 4.78 is 5.51. The standard InChI is InChI=1S/C24H23NO3S/c1-18-7-13-22(14-8-18)29-16-15-25-23(26)17-28-21-11-9-20(10-12-21)24(27)19-5-3-2-4-6-19/h2-14H,15-17H2,1H3,(H,25,26). The minimum atomic E-state index is -0.168. The summed E-state index contributed by atoms with van der Waals surface area (Å²) >= 11 is 1.70. The number of carbonyl (C=O) groups excluding carboxylic acids is 2. The van der Waals surface area contributed by atoms with Crippen molar-refractivity contribution < 1.29 is 14.3 Å². The number of ketones is 1. The molecular formula is C24H23NO3S. The maximum atomic E-state index is 12.4. The highest BCUT2D eigenvalue weighted by atomic mass is 32.2. The van der Waals surface area contributed by atoms with Crippen LogP contribution >= 0.6 is 11.8 Å². The van der Waals surface area contributed by atoms with Crippen LogP contribution in [0.4, 0.5) is 0 Å². The Kier molecular flexibility index (Phi) is 7.47. The smallest absolute Gasteiger partial charge is 0.257 e. The highest BCUT2D eigenvalue weighted by Crippen LogP contribution is 2.17. The van der Waals surface area contributed by atoms with Gasteiger partial charge in [0.1, 0.15) is 5.75 Å². The van der Waals surface area contributed by atoms with Crippen LogP contribution in [0.3, 0.4) is 0 Å². The SMILES string of the molecule is Cc1ccc(SCCNC(=O)COc2ccc(C(=O)c3ccccc3)cc2)cc1. The van der Waals surface area contributed by atoms with Gasteiger partial charge in [-0.2, -0.15) is 0 Å². The van der Waals surface area contributed by atoms with Crippen LogP contribution in [0, 0.1) is 6.92 Å². The second-order valence-electron chi connectivity index (χ2n) is 6.52. The summed E-state index contributed by atoms with van der Waals surface area (Å²) in [6, 6.07) is 24.3. The van der Waals surface area contributed by atoms with Crippen LogP contribution in [0.2, 0.25) is 0 Å². The van der Waals surface area contributed by atoms with E-state index in [2.05, 4.69) is 36.5 Å². The molecular weight excluding hydrogens is 382 g/mol. The topological polar surface area (TPSA) is 55.4 Å². The molecule has 0 heterocycles. The molecule has 0 saturated carbocycles. The van der Waals surface area contributed by atoms with E-state index in [1.807, 2.05) is 18.2 Å². The number of hydrogen-bond donors (Lipinski definition) is 1. The number of nitrogens with one attached hydrogen (secondary N) is 1. The zero-order valence-corrected chi connectivity index (χ0v) is 17.1. The van der Waals surface area contributed by atoms with Crippen molar-refractivity contribution in [1.29, 1.82) is 0 Å². The minimum absolute atomic E-state index is 0.0408. The zero-order valence-electron chi connectivity index (χ0n) is 16.3. The highest BCUT2D eigenvalue weighted by molar-refractivity contribution is 7.99. The molecule has 0 aliphatic heterocycles. The van der Waals surface area contributed by atoms with Crippen LogP contribution in [0.25, 0.3) is 0 Å². The molecule has 3 rings (SSSR count). The first kappa shape index (κ1) is 20.7. The van der Waals surface area contributed by atoms with Gasteiger partial charge in [-0.1, -0.05) is 48.0 Å². The number of amides is 1. The van der Waals surface area contributed by atoms with E-state index in [-0.39, 0.29) is 18.3 Å². The normalized spacial score (nSPS) is 10.4. The van der Waals surface area contributed by atoms with E-state index in [1.54, 1.807) is 48.2 Å². The first-order chi connectivity index (χ1) is 14.1. The van der Waals surface area contributed by atoms with Crippen molar-refractivity contribution in [3.63, 3.8) is 0 Å². The van der Waals surface area contributed by atoms with Gasteiger partial charge < -0.3 is 10.1 Å². The van der Waals surface area contributed by atoms with Crippen LogP contribution < -0.4 is 10.1 Å². The molecule has 1 N–H and O–H groups in total. The fourth-order valence-electron chi connectivity index (χ4n) is 2.65. The monoisotopic (exact) mass is 405 g/mol. The Morgan fingerprint density at radius 3 is 2.21 bits per heavy atom. The average molecular weight is 406 g/mol. The molecule has 0 atom stereocenters. The summed E-state index contributed by atoms with van der Waals surface area (Å²) in [5, 5.41) is 2.85. The zero-order chi connectivity index (χ0) is 20.5. The minimum Gasteiger partial charge on any atom is -0.484 e. The Labute approximate surface area is 175 Å². The molecule has 3 aromatic carbocycles. The van der Waals surface area contributed by atoms with Gasteiger partial charge in [-0.15, -0.1) is 11.8 Å². The first-order valence-electron chi connectivity index (χ1n) is 9.40. The number of hydrogen-bond acceptors (Lipinski definition) is 4. The third kappa shape index (κ3) is 6.50. The first-order valence-corrected chi connectivity index (χ1v) is 10.4. The predicted octanol–water partition coefficient (Wildman–Crippen LogP) is 4.51. The molecule has 29 heavy (non-hydrogen) atoms. The van der Waals surface area contributed by atoms with Gasteiger partial charge in [0.25, 0.3) is 5.91 Å². The van der Waals surface area contributed by atoms with E-state index in [0.717, 1.165) is 5.75 Å². The average Bonchev–Trinajstić information content (AvgIpc) is 2.77. The van der Waals surface area contributed by atoms with E-state index in [4.69, 9.17) is 4.74 Å². The fourth-order valence-corrected chi connectivity index (χ4v) is 3.42. The molecule has 0 aliphatic rings. The quantitative estimate of drug-likeness (QED) is 0.323. The highest BCUT2D eigenvalue weighted by Gasteiger charge is 2.09. The number of ether oxygens (including phenoxy) is 1. The Morgan fingerprint density at radius 1 is 0.862 bits per heavy atom. The van der Waals surface area contributed by atoms with Crippen molar-refractivity contribution in [2.24, 2.45) is 0 Å². The number of carbonyl (C=O) groups is 2. The van der Waals surface area contributed by atoms with Crippen molar-refractivity contribution >= 4 is 23.5 Å². The largest absolute Gasteiger partial charge is 0.484 e. The fraction of sp³-hybridized carbons (Fsp3) is 0.167. The van der Waals surface area contributed by atoms with E-state index < -0.39 is 0 Å². The lowest BCUT2D eigenvalue weighted by Crippen LogP contribution is -2.30. The van der Waals surface area contributed by atoms with Crippen molar-refractivity contribution in [3.05, 3.63) is 95.6 Å². The summed E-state index contributed by atoms with van der Waals surface area (Å²) in [6.07, 6.45) is 0. The van der Waals surface area contributed by atoms with Crippen LogP contribution in [0.5, 0.6) is 5.75 Å². The van der Waals surface area contributed by atoms with Crippen molar-refractivity contribution in [1.82, 2.24) is 5.32 Å². The Bertz CT molecular complexity index is 938. The number of rotatable bonds is 9. The molecule has 0 unspecified atom stereocenters. The summed E-state index contributed by atoms with van der Waals surface area (Å²) in [5.41, 5.74) is 2.46. The van der Waals surface area contributed by atoms with Crippen LogP contribution in [0.1, 0.15) is 21.5 Å². The van der Waals surface area contributed by atoms with Gasteiger partial charge in [-0.3, -0.25) is 9.59 Å². The Balaban J connectivity index is 1.38. The van der Waals surface area contributed by atoms with E-state index in [0.29, 0.717) is 23.4 Å². The third-order valence-electron chi connectivity index (χ3n) is 4.24. The molecule has 0 spiro atoms. The van der Waals surface area contributed by atoms with E-state index >= 15 is 0 Å². The van der Waals surface area contributed by atoms with Gasteiger partial charge in [0.15, 0.2) is 12.4 Å².